The SMILES string of the molecule is CCNc1nc(C)nc(NCc2ccnc(OC)c2)c1C. The van der Waals surface area contributed by atoms with Gasteiger partial charge in [-0.2, -0.15) is 0 Å². The summed E-state index contributed by atoms with van der Waals surface area (Å²) in [5, 5.41) is 6.60. The van der Waals surface area contributed by atoms with Crippen molar-refractivity contribution in [3.05, 3.63) is 35.3 Å². The highest BCUT2D eigenvalue weighted by molar-refractivity contribution is 5.57. The molecule has 0 bridgehead atoms. The number of ether oxygens (including phenoxy) is 1. The molecule has 0 aliphatic heterocycles. The number of rotatable bonds is 6. The van der Waals surface area contributed by atoms with Crippen molar-refractivity contribution in [3.63, 3.8) is 0 Å². The average molecular weight is 287 g/mol. The molecule has 112 valence electrons. The zero-order valence-electron chi connectivity index (χ0n) is 12.9. The lowest BCUT2D eigenvalue weighted by molar-refractivity contribution is 0.397. The minimum absolute atomic E-state index is 0.609. The lowest BCUT2D eigenvalue weighted by Crippen LogP contribution is -2.10. The van der Waals surface area contributed by atoms with Crippen molar-refractivity contribution in [1.29, 1.82) is 0 Å². The zero-order chi connectivity index (χ0) is 15.2. The third-order valence-electron chi connectivity index (χ3n) is 3.07. The summed E-state index contributed by atoms with van der Waals surface area (Å²) in [5.74, 6) is 3.07. The van der Waals surface area contributed by atoms with Crippen LogP contribution in [0.2, 0.25) is 0 Å². The highest BCUT2D eigenvalue weighted by Crippen LogP contribution is 2.20. The number of hydrogen-bond acceptors (Lipinski definition) is 6. The summed E-state index contributed by atoms with van der Waals surface area (Å²) >= 11 is 0. The fourth-order valence-corrected chi connectivity index (χ4v) is 2.00. The maximum Gasteiger partial charge on any atom is 0.213 e. The number of anilines is 2. The van der Waals surface area contributed by atoms with Gasteiger partial charge in [-0.1, -0.05) is 0 Å². The Labute approximate surface area is 125 Å². The molecule has 2 N–H and O–H groups in total. The van der Waals surface area contributed by atoms with Gasteiger partial charge in [-0.3, -0.25) is 0 Å². The summed E-state index contributed by atoms with van der Waals surface area (Å²) in [6.45, 7) is 7.43. The van der Waals surface area contributed by atoms with Crippen LogP contribution in [0.25, 0.3) is 0 Å². The third kappa shape index (κ3) is 3.81. The Bertz CT molecular complexity index is 615. The van der Waals surface area contributed by atoms with Gasteiger partial charge < -0.3 is 15.4 Å². The van der Waals surface area contributed by atoms with E-state index >= 15 is 0 Å². The van der Waals surface area contributed by atoms with Crippen LogP contribution in [0.4, 0.5) is 11.6 Å². The third-order valence-corrected chi connectivity index (χ3v) is 3.07. The quantitative estimate of drug-likeness (QED) is 0.850. The molecule has 2 rings (SSSR count). The van der Waals surface area contributed by atoms with Crippen molar-refractivity contribution in [3.8, 4) is 5.88 Å². The number of aryl methyl sites for hydroxylation is 1. The van der Waals surface area contributed by atoms with Crippen LogP contribution in [0.3, 0.4) is 0 Å². The van der Waals surface area contributed by atoms with Crippen molar-refractivity contribution < 1.29 is 4.74 Å². The Balaban J connectivity index is 2.15. The van der Waals surface area contributed by atoms with Crippen molar-refractivity contribution in [2.75, 3.05) is 24.3 Å². The molecule has 0 saturated heterocycles. The number of nitrogens with zero attached hydrogens (tertiary/aromatic N) is 3. The topological polar surface area (TPSA) is 72.0 Å². The van der Waals surface area contributed by atoms with E-state index in [0.29, 0.717) is 12.4 Å². The molecule has 0 fully saturated rings. The predicted molar refractivity (Wildman–Crippen MR) is 83.8 cm³/mol. The fourth-order valence-electron chi connectivity index (χ4n) is 2.00. The fraction of sp³-hybridized carbons (Fsp3) is 0.400. The maximum atomic E-state index is 5.13. The molecule has 0 saturated carbocycles. The van der Waals surface area contributed by atoms with Crippen molar-refractivity contribution in [2.45, 2.75) is 27.3 Å². The minimum Gasteiger partial charge on any atom is -0.481 e. The Morgan fingerprint density at radius 1 is 1.14 bits per heavy atom. The van der Waals surface area contributed by atoms with Crippen LogP contribution < -0.4 is 15.4 Å². The van der Waals surface area contributed by atoms with Crippen LogP contribution in [-0.4, -0.2) is 28.6 Å². The highest BCUT2D eigenvalue weighted by atomic mass is 16.5. The molecule has 2 aromatic heterocycles. The molecule has 21 heavy (non-hydrogen) atoms. The number of pyridine rings is 1. The molecule has 2 aromatic rings. The number of aromatic nitrogens is 3. The van der Waals surface area contributed by atoms with Gasteiger partial charge in [-0.15, -0.1) is 0 Å². The lowest BCUT2D eigenvalue weighted by Gasteiger charge is -2.13. The van der Waals surface area contributed by atoms with Gasteiger partial charge >= 0.3 is 0 Å². The van der Waals surface area contributed by atoms with Gasteiger partial charge in [-0.05, 0) is 32.4 Å². The maximum absolute atomic E-state index is 5.13. The molecule has 0 spiro atoms. The zero-order valence-corrected chi connectivity index (χ0v) is 12.9. The van der Waals surface area contributed by atoms with E-state index < -0.39 is 0 Å². The van der Waals surface area contributed by atoms with E-state index in [9.17, 15) is 0 Å². The van der Waals surface area contributed by atoms with E-state index in [4.69, 9.17) is 4.74 Å². The molecule has 0 atom stereocenters. The summed E-state index contributed by atoms with van der Waals surface area (Å²) in [6.07, 6.45) is 1.73. The molecular formula is C15H21N5O. The first-order valence-electron chi connectivity index (χ1n) is 6.96. The van der Waals surface area contributed by atoms with Crippen LogP contribution in [-0.2, 0) is 6.54 Å². The smallest absolute Gasteiger partial charge is 0.213 e. The second kappa shape index (κ2) is 6.88. The summed E-state index contributed by atoms with van der Waals surface area (Å²) in [5.41, 5.74) is 2.10. The first-order valence-corrected chi connectivity index (χ1v) is 6.96. The van der Waals surface area contributed by atoms with E-state index in [2.05, 4.69) is 25.6 Å². The van der Waals surface area contributed by atoms with Crippen LogP contribution in [0.15, 0.2) is 18.3 Å². The van der Waals surface area contributed by atoms with E-state index in [1.165, 1.54) is 0 Å². The molecule has 0 unspecified atom stereocenters. The van der Waals surface area contributed by atoms with Crippen molar-refractivity contribution in [2.24, 2.45) is 0 Å². The molecular weight excluding hydrogens is 266 g/mol. The Hall–Kier alpha value is -2.37. The molecule has 0 aliphatic rings. The second-order valence-electron chi connectivity index (χ2n) is 4.68. The summed E-state index contributed by atoms with van der Waals surface area (Å²) in [6, 6.07) is 3.85. The molecule has 0 aromatic carbocycles. The Morgan fingerprint density at radius 3 is 2.52 bits per heavy atom. The van der Waals surface area contributed by atoms with Gasteiger partial charge in [-0.25, -0.2) is 15.0 Å². The first-order chi connectivity index (χ1) is 10.1. The molecule has 2 heterocycles. The first kappa shape index (κ1) is 15.0. The van der Waals surface area contributed by atoms with Crippen LogP contribution in [0, 0.1) is 13.8 Å². The van der Waals surface area contributed by atoms with E-state index in [-0.39, 0.29) is 0 Å². The molecule has 6 heteroatoms. The van der Waals surface area contributed by atoms with Gasteiger partial charge in [0.15, 0.2) is 0 Å². The standard InChI is InChI=1S/C15H21N5O/c1-5-16-14-10(2)15(20-11(3)19-14)18-9-12-6-7-17-13(8-12)21-4/h6-8H,5,9H2,1-4H3,(H2,16,18,19,20). The number of nitrogens with one attached hydrogen (secondary N) is 2. The summed E-state index contributed by atoms with van der Waals surface area (Å²) in [7, 11) is 1.61. The van der Waals surface area contributed by atoms with Crippen molar-refractivity contribution in [1.82, 2.24) is 15.0 Å². The van der Waals surface area contributed by atoms with Gasteiger partial charge in [0.1, 0.15) is 17.5 Å². The van der Waals surface area contributed by atoms with Gasteiger partial charge in [0.25, 0.3) is 0 Å². The largest absolute Gasteiger partial charge is 0.481 e. The molecule has 6 nitrogen and oxygen atoms in total. The Morgan fingerprint density at radius 2 is 1.86 bits per heavy atom. The van der Waals surface area contributed by atoms with Gasteiger partial charge in [0.05, 0.1) is 7.11 Å². The average Bonchev–Trinajstić information content (AvgIpc) is 2.49. The monoisotopic (exact) mass is 287 g/mol. The minimum atomic E-state index is 0.609. The van der Waals surface area contributed by atoms with Crippen LogP contribution >= 0.6 is 0 Å². The van der Waals surface area contributed by atoms with Crippen LogP contribution in [0.5, 0.6) is 5.88 Å². The highest BCUT2D eigenvalue weighted by Gasteiger charge is 2.08. The predicted octanol–water partition coefficient (Wildman–Crippen LogP) is 2.54. The number of hydrogen-bond donors (Lipinski definition) is 2. The van der Waals surface area contributed by atoms with Crippen molar-refractivity contribution >= 4 is 11.6 Å². The van der Waals surface area contributed by atoms with E-state index in [1.807, 2.05) is 32.9 Å². The van der Waals surface area contributed by atoms with E-state index in [1.54, 1.807) is 13.3 Å². The van der Waals surface area contributed by atoms with Gasteiger partial charge in [0, 0.05) is 30.9 Å². The van der Waals surface area contributed by atoms with E-state index in [0.717, 1.165) is 35.1 Å². The Kier molecular flexibility index (Phi) is 4.92. The lowest BCUT2D eigenvalue weighted by atomic mass is 10.2. The normalized spacial score (nSPS) is 10.3. The summed E-state index contributed by atoms with van der Waals surface area (Å²) < 4.78 is 5.13. The number of methoxy groups -OCH3 is 1. The second-order valence-corrected chi connectivity index (χ2v) is 4.68. The molecule has 0 aliphatic carbocycles. The van der Waals surface area contributed by atoms with Crippen LogP contribution in [0.1, 0.15) is 23.9 Å². The molecule has 0 radical (unpaired) electrons. The molecule has 0 amide bonds. The van der Waals surface area contributed by atoms with Gasteiger partial charge in [0.2, 0.25) is 5.88 Å². The summed E-state index contributed by atoms with van der Waals surface area (Å²) in [4.78, 5) is 13.0.